The summed E-state index contributed by atoms with van der Waals surface area (Å²) in [4.78, 5) is 10.8. The van der Waals surface area contributed by atoms with E-state index in [-0.39, 0.29) is 11.5 Å². The van der Waals surface area contributed by atoms with Crippen molar-refractivity contribution in [1.29, 1.82) is 0 Å². The number of carboxylic acid groups (broad SMARTS) is 1. The maximum Gasteiger partial charge on any atom is 0.159 e. The number of hydrogen-bond acceptors (Lipinski definition) is 5. The zero-order chi connectivity index (χ0) is 12.3. The third-order valence-corrected chi connectivity index (χ3v) is 4.49. The Labute approximate surface area is 94.6 Å². The van der Waals surface area contributed by atoms with Crippen molar-refractivity contribution in [1.82, 2.24) is 0 Å². The van der Waals surface area contributed by atoms with E-state index in [1.165, 1.54) is 5.32 Å². The normalized spacial score (nSPS) is 30.1. The van der Waals surface area contributed by atoms with E-state index in [0.717, 1.165) is 0 Å². The van der Waals surface area contributed by atoms with Crippen molar-refractivity contribution in [3.8, 4) is 0 Å². The summed E-state index contributed by atoms with van der Waals surface area (Å²) in [6.07, 6.45) is 0.0970. The maximum atomic E-state index is 11.2. The summed E-state index contributed by atoms with van der Waals surface area (Å²) in [5, 5.41) is 21.7. The summed E-state index contributed by atoms with van der Waals surface area (Å²) < 4.78 is 22.4. The van der Waals surface area contributed by atoms with E-state index >= 15 is 0 Å². The van der Waals surface area contributed by atoms with E-state index in [9.17, 15) is 23.4 Å². The largest absolute Gasteiger partial charge is 0.544 e. The molecule has 0 spiro atoms. The smallest absolute Gasteiger partial charge is 0.159 e. The second-order valence-electron chi connectivity index (χ2n) is 4.21. The van der Waals surface area contributed by atoms with Crippen LogP contribution in [-0.4, -0.2) is 49.2 Å². The zero-order valence-corrected chi connectivity index (χ0v) is 9.94. The van der Waals surface area contributed by atoms with Gasteiger partial charge in [-0.1, -0.05) is 13.3 Å². The molecule has 7 heteroatoms. The summed E-state index contributed by atoms with van der Waals surface area (Å²) in [5.41, 5.74) is 0. The Hall–Kier alpha value is -0.660. The van der Waals surface area contributed by atoms with Crippen LogP contribution in [0.1, 0.15) is 19.8 Å². The van der Waals surface area contributed by atoms with Gasteiger partial charge in [-0.25, -0.2) is 8.42 Å². The lowest BCUT2D eigenvalue weighted by atomic mass is 10.1. The summed E-state index contributed by atoms with van der Waals surface area (Å²) in [6, 6.07) is -1.36. The molecule has 3 N–H and O–H groups in total. The van der Waals surface area contributed by atoms with E-state index < -0.39 is 34.0 Å². The number of sulfone groups is 1. The number of aliphatic carboxylic acids is 1. The first-order valence-corrected chi connectivity index (χ1v) is 7.12. The van der Waals surface area contributed by atoms with Gasteiger partial charge >= 0.3 is 0 Å². The van der Waals surface area contributed by atoms with Crippen LogP contribution < -0.4 is 10.4 Å². The second kappa shape index (κ2) is 5.11. The van der Waals surface area contributed by atoms with Crippen molar-refractivity contribution < 1.29 is 28.7 Å². The predicted octanol–water partition coefficient (Wildman–Crippen LogP) is -3.37. The SMILES string of the molecule is CCC[C@H]([NH2+][C@H]1CS(=O)(=O)C[C@@H]1O)C(=O)[O-]. The highest BCUT2D eigenvalue weighted by atomic mass is 32.2. The molecule has 1 saturated heterocycles. The Morgan fingerprint density at radius 2 is 2.19 bits per heavy atom. The quantitative estimate of drug-likeness (QED) is 0.530. The van der Waals surface area contributed by atoms with E-state index in [2.05, 4.69) is 0 Å². The van der Waals surface area contributed by atoms with Gasteiger partial charge in [-0.05, 0) is 0 Å². The predicted molar refractivity (Wildman–Crippen MR) is 54.1 cm³/mol. The average Bonchev–Trinajstić information content (AvgIpc) is 2.38. The highest BCUT2D eigenvalue weighted by molar-refractivity contribution is 7.91. The van der Waals surface area contributed by atoms with Crippen LogP contribution in [0, 0.1) is 0 Å². The molecular weight excluding hydrogens is 234 g/mol. The Balaban J connectivity index is 2.62. The highest BCUT2D eigenvalue weighted by Crippen LogP contribution is 2.09. The first-order valence-electron chi connectivity index (χ1n) is 5.30. The van der Waals surface area contributed by atoms with Gasteiger partial charge in [0.05, 0.1) is 11.7 Å². The molecular formula is C9H17NO5S. The molecule has 0 aromatic carbocycles. The van der Waals surface area contributed by atoms with Crippen LogP contribution >= 0.6 is 0 Å². The van der Waals surface area contributed by atoms with Crippen LogP contribution in [0.3, 0.4) is 0 Å². The Morgan fingerprint density at radius 1 is 1.56 bits per heavy atom. The third-order valence-electron chi connectivity index (χ3n) is 2.75. The number of quaternary nitrogens is 1. The molecule has 0 radical (unpaired) electrons. The van der Waals surface area contributed by atoms with Crippen molar-refractivity contribution in [2.45, 2.75) is 38.0 Å². The summed E-state index contributed by atoms with van der Waals surface area (Å²) in [5.74, 6) is -1.65. The fraction of sp³-hybridized carbons (Fsp3) is 0.889. The first kappa shape index (κ1) is 13.4. The molecule has 0 aromatic heterocycles. The van der Waals surface area contributed by atoms with Crippen molar-refractivity contribution in [3.63, 3.8) is 0 Å². The first-order chi connectivity index (χ1) is 7.35. The van der Waals surface area contributed by atoms with Crippen molar-refractivity contribution >= 4 is 15.8 Å². The standard InChI is InChI=1S/C9H17NO5S/c1-2-3-6(9(12)13)10-7-4-16(14,15)5-8(7)11/h6-8,10-11H,2-5H2,1H3,(H,12,13)/t6-,7-,8-/m0/s1. The second-order valence-corrected chi connectivity index (χ2v) is 6.37. The molecule has 0 unspecified atom stereocenters. The molecule has 16 heavy (non-hydrogen) atoms. The maximum absolute atomic E-state index is 11.2. The van der Waals surface area contributed by atoms with Crippen molar-refractivity contribution in [3.05, 3.63) is 0 Å². The van der Waals surface area contributed by atoms with Gasteiger partial charge in [0.15, 0.2) is 9.84 Å². The molecule has 3 atom stereocenters. The summed E-state index contributed by atoms with van der Waals surface area (Å²) in [7, 11) is -3.23. The number of carboxylic acids is 1. The molecule has 94 valence electrons. The van der Waals surface area contributed by atoms with Crippen LogP contribution in [0.25, 0.3) is 0 Å². The van der Waals surface area contributed by atoms with Crippen LogP contribution in [0.4, 0.5) is 0 Å². The fourth-order valence-corrected chi connectivity index (χ4v) is 3.77. The van der Waals surface area contributed by atoms with Gasteiger partial charge < -0.3 is 20.3 Å². The monoisotopic (exact) mass is 251 g/mol. The van der Waals surface area contributed by atoms with Gasteiger partial charge in [0.25, 0.3) is 0 Å². The third kappa shape index (κ3) is 3.43. The molecule has 0 saturated carbocycles. The van der Waals surface area contributed by atoms with E-state index in [0.29, 0.717) is 12.8 Å². The lowest BCUT2D eigenvalue weighted by Gasteiger charge is -2.21. The summed E-state index contributed by atoms with van der Waals surface area (Å²) in [6.45, 7) is 1.84. The van der Waals surface area contributed by atoms with Crippen LogP contribution in [0.2, 0.25) is 0 Å². The molecule has 0 amide bonds. The topological polar surface area (TPSA) is 111 Å². The average molecular weight is 251 g/mol. The lowest BCUT2D eigenvalue weighted by Crippen LogP contribution is -2.99. The van der Waals surface area contributed by atoms with Gasteiger partial charge in [0.2, 0.25) is 0 Å². The van der Waals surface area contributed by atoms with Gasteiger partial charge in [-0.15, -0.1) is 0 Å². The van der Waals surface area contributed by atoms with Gasteiger partial charge in [-0.2, -0.15) is 0 Å². The lowest BCUT2D eigenvalue weighted by molar-refractivity contribution is -0.716. The molecule has 6 nitrogen and oxygen atoms in total. The number of hydrogen-bond donors (Lipinski definition) is 2. The van der Waals surface area contributed by atoms with Gasteiger partial charge in [0.1, 0.15) is 23.9 Å². The van der Waals surface area contributed by atoms with Crippen LogP contribution in [-0.2, 0) is 14.6 Å². The molecule has 0 bridgehead atoms. The van der Waals surface area contributed by atoms with Crippen LogP contribution in [0.15, 0.2) is 0 Å². The van der Waals surface area contributed by atoms with E-state index in [1.807, 2.05) is 6.92 Å². The minimum Gasteiger partial charge on any atom is -0.544 e. The molecule has 1 heterocycles. The molecule has 1 rings (SSSR count). The number of carbonyl (C=O) groups excluding carboxylic acids is 1. The Bertz CT molecular complexity index is 353. The summed E-state index contributed by atoms with van der Waals surface area (Å²) >= 11 is 0. The Kier molecular flexibility index (Phi) is 4.28. The number of nitrogens with two attached hydrogens (primary N) is 1. The number of carbonyl (C=O) groups is 1. The molecule has 1 aliphatic heterocycles. The minimum absolute atomic E-state index is 0.165. The minimum atomic E-state index is -3.23. The van der Waals surface area contributed by atoms with E-state index in [4.69, 9.17) is 0 Å². The number of rotatable bonds is 5. The van der Waals surface area contributed by atoms with Crippen molar-refractivity contribution in [2.75, 3.05) is 11.5 Å². The molecule has 1 aliphatic rings. The number of aliphatic hydroxyl groups is 1. The molecule has 0 aliphatic carbocycles. The fourth-order valence-electron chi connectivity index (χ4n) is 1.94. The Morgan fingerprint density at radius 3 is 2.56 bits per heavy atom. The molecule has 1 fully saturated rings. The molecule has 0 aromatic rings. The zero-order valence-electron chi connectivity index (χ0n) is 9.13. The van der Waals surface area contributed by atoms with Gasteiger partial charge in [-0.3, -0.25) is 0 Å². The van der Waals surface area contributed by atoms with E-state index in [1.54, 1.807) is 0 Å². The number of aliphatic hydroxyl groups excluding tert-OH is 1. The highest BCUT2D eigenvalue weighted by Gasteiger charge is 2.40. The van der Waals surface area contributed by atoms with Crippen LogP contribution in [0.5, 0.6) is 0 Å². The van der Waals surface area contributed by atoms with Crippen molar-refractivity contribution in [2.24, 2.45) is 0 Å². The van der Waals surface area contributed by atoms with Gasteiger partial charge in [0, 0.05) is 6.42 Å².